The number of aromatic nitrogens is 2. The molecule has 0 radical (unpaired) electrons. The number of rotatable bonds is 7. The number of nitrogens with zero attached hydrogens (tertiary/aromatic N) is 3. The second-order valence-electron chi connectivity index (χ2n) is 6.25. The van der Waals surface area contributed by atoms with Crippen molar-refractivity contribution in [3.63, 3.8) is 0 Å². The van der Waals surface area contributed by atoms with Gasteiger partial charge < -0.3 is 10.2 Å². The number of carbonyl (C=O) groups excluding carboxylic acids is 1. The molecule has 1 amide bonds. The lowest BCUT2D eigenvalue weighted by molar-refractivity contribution is 0.0953. The summed E-state index contributed by atoms with van der Waals surface area (Å²) in [5, 5.41) is 2.82. The average Bonchev–Trinajstić information content (AvgIpc) is 2.70. The van der Waals surface area contributed by atoms with Crippen LogP contribution in [0.2, 0.25) is 0 Å². The highest BCUT2D eigenvalue weighted by molar-refractivity contribution is 5.93. The van der Waals surface area contributed by atoms with Crippen LogP contribution in [-0.2, 0) is 13.0 Å². The number of hydrogen-bond donors (Lipinski definition) is 1. The molecule has 0 unspecified atom stereocenters. The van der Waals surface area contributed by atoms with Gasteiger partial charge in [-0.1, -0.05) is 42.5 Å². The second kappa shape index (κ2) is 8.89. The standard InChI is InChI=1S/C21H21FN4O/c1-26(15-17-5-3-2-4-6-17)21-24-13-18(14-25-21)20(27)23-12-11-16-7-9-19(22)10-8-16/h2-10,13-14H,11-12,15H2,1H3,(H,23,27). The molecule has 0 bridgehead atoms. The van der Waals surface area contributed by atoms with E-state index in [9.17, 15) is 9.18 Å². The SMILES string of the molecule is CN(Cc1ccccc1)c1ncc(C(=O)NCCc2ccc(F)cc2)cn1. The fourth-order valence-electron chi connectivity index (χ4n) is 2.64. The van der Waals surface area contributed by atoms with Crippen LogP contribution in [-0.4, -0.2) is 29.5 Å². The first-order valence-electron chi connectivity index (χ1n) is 8.71. The van der Waals surface area contributed by atoms with Crippen LogP contribution in [0, 0.1) is 5.82 Å². The molecule has 2 aromatic carbocycles. The minimum Gasteiger partial charge on any atom is -0.352 e. The predicted octanol–water partition coefficient (Wildman–Crippen LogP) is 3.22. The van der Waals surface area contributed by atoms with Crippen LogP contribution < -0.4 is 10.2 Å². The third-order valence-electron chi connectivity index (χ3n) is 4.12. The largest absolute Gasteiger partial charge is 0.352 e. The van der Waals surface area contributed by atoms with Gasteiger partial charge in [-0.25, -0.2) is 14.4 Å². The van der Waals surface area contributed by atoms with E-state index in [1.54, 1.807) is 12.1 Å². The van der Waals surface area contributed by atoms with Gasteiger partial charge in [0.15, 0.2) is 0 Å². The fraction of sp³-hybridized carbons (Fsp3) is 0.190. The highest BCUT2D eigenvalue weighted by atomic mass is 19.1. The molecule has 0 aliphatic rings. The minimum atomic E-state index is -0.266. The van der Waals surface area contributed by atoms with E-state index in [1.165, 1.54) is 24.5 Å². The van der Waals surface area contributed by atoms with Crippen molar-refractivity contribution in [1.82, 2.24) is 15.3 Å². The summed E-state index contributed by atoms with van der Waals surface area (Å²) in [6.07, 6.45) is 3.68. The van der Waals surface area contributed by atoms with E-state index in [4.69, 9.17) is 0 Å². The fourth-order valence-corrected chi connectivity index (χ4v) is 2.64. The Hall–Kier alpha value is -3.28. The number of nitrogens with one attached hydrogen (secondary N) is 1. The molecule has 0 atom stereocenters. The van der Waals surface area contributed by atoms with Crippen LogP contribution >= 0.6 is 0 Å². The van der Waals surface area contributed by atoms with E-state index in [0.29, 0.717) is 31.0 Å². The maximum atomic E-state index is 12.9. The summed E-state index contributed by atoms with van der Waals surface area (Å²) in [5.74, 6) is 0.0633. The first-order valence-corrected chi connectivity index (χ1v) is 8.71. The number of carbonyl (C=O) groups is 1. The smallest absolute Gasteiger partial charge is 0.254 e. The van der Waals surface area contributed by atoms with Crippen molar-refractivity contribution in [2.45, 2.75) is 13.0 Å². The summed E-state index contributed by atoms with van der Waals surface area (Å²) in [6, 6.07) is 16.3. The topological polar surface area (TPSA) is 58.1 Å². The lowest BCUT2D eigenvalue weighted by atomic mass is 10.1. The third kappa shape index (κ3) is 5.34. The molecule has 1 N–H and O–H groups in total. The quantitative estimate of drug-likeness (QED) is 0.699. The molecule has 0 aliphatic heterocycles. The first kappa shape index (κ1) is 18.5. The Morgan fingerprint density at radius 2 is 1.67 bits per heavy atom. The highest BCUT2D eigenvalue weighted by Gasteiger charge is 2.09. The van der Waals surface area contributed by atoms with E-state index in [0.717, 1.165) is 11.1 Å². The summed E-state index contributed by atoms with van der Waals surface area (Å²) in [6.45, 7) is 1.14. The van der Waals surface area contributed by atoms with Crippen molar-refractivity contribution >= 4 is 11.9 Å². The molecule has 1 aromatic heterocycles. The van der Waals surface area contributed by atoms with Crippen molar-refractivity contribution < 1.29 is 9.18 Å². The van der Waals surface area contributed by atoms with Crippen LogP contribution in [0.1, 0.15) is 21.5 Å². The van der Waals surface area contributed by atoms with Gasteiger partial charge >= 0.3 is 0 Å². The molecule has 27 heavy (non-hydrogen) atoms. The summed E-state index contributed by atoms with van der Waals surface area (Å²) in [4.78, 5) is 22.7. The van der Waals surface area contributed by atoms with Crippen molar-refractivity contribution in [3.8, 4) is 0 Å². The summed E-state index contributed by atoms with van der Waals surface area (Å²) < 4.78 is 12.9. The van der Waals surface area contributed by atoms with Crippen LogP contribution in [0.25, 0.3) is 0 Å². The zero-order valence-corrected chi connectivity index (χ0v) is 15.1. The molecule has 0 saturated carbocycles. The lowest BCUT2D eigenvalue weighted by Crippen LogP contribution is -2.26. The van der Waals surface area contributed by atoms with Gasteiger partial charge in [-0.3, -0.25) is 4.79 Å². The first-order chi connectivity index (χ1) is 13.1. The Morgan fingerprint density at radius 1 is 1.00 bits per heavy atom. The number of amides is 1. The molecular weight excluding hydrogens is 343 g/mol. The van der Waals surface area contributed by atoms with Crippen molar-refractivity contribution in [2.75, 3.05) is 18.5 Å². The van der Waals surface area contributed by atoms with Crippen LogP contribution in [0.15, 0.2) is 67.0 Å². The Morgan fingerprint density at radius 3 is 2.33 bits per heavy atom. The van der Waals surface area contributed by atoms with Gasteiger partial charge in [0, 0.05) is 32.5 Å². The second-order valence-corrected chi connectivity index (χ2v) is 6.25. The molecule has 6 heteroatoms. The maximum Gasteiger partial charge on any atom is 0.254 e. The zero-order chi connectivity index (χ0) is 19.1. The van der Waals surface area contributed by atoms with Crippen LogP contribution in [0.3, 0.4) is 0 Å². The van der Waals surface area contributed by atoms with E-state index in [-0.39, 0.29) is 11.7 Å². The van der Waals surface area contributed by atoms with Crippen molar-refractivity contribution in [3.05, 3.63) is 89.5 Å². The summed E-state index contributed by atoms with van der Waals surface area (Å²) in [7, 11) is 1.91. The molecule has 0 spiro atoms. The van der Waals surface area contributed by atoms with Crippen molar-refractivity contribution in [1.29, 1.82) is 0 Å². The molecule has 3 rings (SSSR count). The van der Waals surface area contributed by atoms with Gasteiger partial charge in [-0.15, -0.1) is 0 Å². The molecular formula is C21H21FN4O. The average molecular weight is 364 g/mol. The van der Waals surface area contributed by atoms with E-state index < -0.39 is 0 Å². The molecule has 1 heterocycles. The van der Waals surface area contributed by atoms with E-state index >= 15 is 0 Å². The molecule has 5 nitrogen and oxygen atoms in total. The summed E-state index contributed by atoms with van der Waals surface area (Å²) >= 11 is 0. The van der Waals surface area contributed by atoms with E-state index in [1.807, 2.05) is 42.3 Å². The Kier molecular flexibility index (Phi) is 6.10. The minimum absolute atomic E-state index is 0.227. The van der Waals surface area contributed by atoms with Gasteiger partial charge in [0.25, 0.3) is 5.91 Å². The van der Waals surface area contributed by atoms with Gasteiger partial charge in [-0.2, -0.15) is 0 Å². The maximum absolute atomic E-state index is 12.9. The number of halogens is 1. The summed E-state index contributed by atoms with van der Waals surface area (Å²) in [5.41, 5.74) is 2.53. The number of anilines is 1. The molecule has 0 fully saturated rings. The van der Waals surface area contributed by atoms with Gasteiger partial charge in [0.1, 0.15) is 5.82 Å². The Labute approximate surface area is 157 Å². The van der Waals surface area contributed by atoms with Gasteiger partial charge in [0.05, 0.1) is 5.56 Å². The van der Waals surface area contributed by atoms with Crippen LogP contribution in [0.4, 0.5) is 10.3 Å². The third-order valence-corrected chi connectivity index (χ3v) is 4.12. The van der Waals surface area contributed by atoms with Gasteiger partial charge in [0.2, 0.25) is 5.95 Å². The molecule has 138 valence electrons. The van der Waals surface area contributed by atoms with E-state index in [2.05, 4.69) is 15.3 Å². The Bertz CT molecular complexity index is 867. The lowest BCUT2D eigenvalue weighted by Gasteiger charge is -2.17. The number of benzene rings is 2. The van der Waals surface area contributed by atoms with Crippen LogP contribution in [0.5, 0.6) is 0 Å². The predicted molar refractivity (Wildman–Crippen MR) is 103 cm³/mol. The Balaban J connectivity index is 1.51. The molecule has 0 aliphatic carbocycles. The zero-order valence-electron chi connectivity index (χ0n) is 15.1. The highest BCUT2D eigenvalue weighted by Crippen LogP contribution is 2.10. The normalized spacial score (nSPS) is 10.4. The van der Waals surface area contributed by atoms with Gasteiger partial charge in [-0.05, 0) is 29.7 Å². The monoisotopic (exact) mass is 364 g/mol. The number of hydrogen-bond acceptors (Lipinski definition) is 4. The molecule has 3 aromatic rings. The van der Waals surface area contributed by atoms with Crippen molar-refractivity contribution in [2.24, 2.45) is 0 Å². The molecule has 0 saturated heterocycles.